The predicted octanol–water partition coefficient (Wildman–Crippen LogP) is 4.88. The van der Waals surface area contributed by atoms with E-state index in [-0.39, 0.29) is 10.6 Å². The molecule has 0 unspecified atom stereocenters. The Balaban J connectivity index is 1.40. The van der Waals surface area contributed by atoms with Crippen molar-refractivity contribution < 1.29 is 13.5 Å². The van der Waals surface area contributed by atoms with Gasteiger partial charge in [0.1, 0.15) is 17.3 Å². The Kier molecular flexibility index (Phi) is 7.84. The van der Waals surface area contributed by atoms with Gasteiger partial charge in [-0.25, -0.2) is 18.1 Å². The Hall–Kier alpha value is -3.21. The third-order valence-corrected chi connectivity index (χ3v) is 7.36. The number of aromatic hydroxyl groups is 1. The van der Waals surface area contributed by atoms with Gasteiger partial charge in [-0.3, -0.25) is 4.68 Å². The van der Waals surface area contributed by atoms with Crippen molar-refractivity contribution in [3.63, 3.8) is 0 Å². The van der Waals surface area contributed by atoms with Crippen LogP contribution >= 0.6 is 15.9 Å². The molecule has 4 rings (SSSR count). The lowest BCUT2D eigenvalue weighted by Gasteiger charge is -2.09. The number of phenolic OH excluding ortho intramolecular Hbond substituents is 1. The Labute approximate surface area is 213 Å². The van der Waals surface area contributed by atoms with Gasteiger partial charge >= 0.3 is 0 Å². The fraction of sp³-hybridized carbons (Fsp3) is 0.200. The van der Waals surface area contributed by atoms with Crippen LogP contribution in [0, 0.1) is 0 Å². The Morgan fingerprint density at radius 2 is 1.83 bits per heavy atom. The number of hydrogen-bond acceptors (Lipinski definition) is 6. The molecule has 0 bridgehead atoms. The molecule has 182 valence electrons. The van der Waals surface area contributed by atoms with E-state index in [1.54, 1.807) is 48.7 Å². The maximum atomic E-state index is 12.4. The van der Waals surface area contributed by atoms with E-state index in [0.29, 0.717) is 25.3 Å². The first-order chi connectivity index (χ1) is 16.9. The molecule has 0 aliphatic carbocycles. The number of halogens is 1. The van der Waals surface area contributed by atoms with Gasteiger partial charge in [0.05, 0.1) is 4.90 Å². The monoisotopic (exact) mass is 555 g/mol. The standard InChI is InChI=1S/C25H26BrN5O3S/c1-2-31-17-23(25(30-31)19-5-3-6-21(32)15-19)18-11-14-28-24(16-18)27-12-4-13-29-35(33,34)22-9-7-20(26)8-10-22/h3,5-11,14-17,29,32H,2,4,12-13H2,1H3,(H,27,28). The van der Waals surface area contributed by atoms with E-state index in [2.05, 4.69) is 36.1 Å². The summed E-state index contributed by atoms with van der Waals surface area (Å²) in [5.41, 5.74) is 3.49. The molecular formula is C25H26BrN5O3S. The van der Waals surface area contributed by atoms with Gasteiger partial charge in [0, 0.05) is 47.6 Å². The van der Waals surface area contributed by atoms with Crippen LogP contribution in [-0.4, -0.2) is 41.4 Å². The topological polar surface area (TPSA) is 109 Å². The second-order valence-electron chi connectivity index (χ2n) is 7.86. The summed E-state index contributed by atoms with van der Waals surface area (Å²) < 4.78 is 30.1. The van der Waals surface area contributed by atoms with Crippen molar-refractivity contribution in [2.75, 3.05) is 18.4 Å². The number of nitrogens with one attached hydrogen (secondary N) is 2. The summed E-state index contributed by atoms with van der Waals surface area (Å²) in [6.45, 7) is 3.59. The predicted molar refractivity (Wildman–Crippen MR) is 141 cm³/mol. The van der Waals surface area contributed by atoms with Crippen LogP contribution in [0.3, 0.4) is 0 Å². The molecular weight excluding hydrogens is 530 g/mol. The van der Waals surface area contributed by atoms with Crippen molar-refractivity contribution in [3.05, 3.63) is 77.5 Å². The SMILES string of the molecule is CCn1cc(-c2ccnc(NCCCNS(=O)(=O)c3ccc(Br)cc3)c2)c(-c2cccc(O)c2)n1. The molecule has 0 aliphatic rings. The van der Waals surface area contributed by atoms with E-state index in [4.69, 9.17) is 0 Å². The molecule has 0 spiro atoms. The van der Waals surface area contributed by atoms with Crippen molar-refractivity contribution in [3.8, 4) is 28.1 Å². The highest BCUT2D eigenvalue weighted by Crippen LogP contribution is 2.33. The quantitative estimate of drug-likeness (QED) is 0.240. The molecule has 0 saturated heterocycles. The van der Waals surface area contributed by atoms with Gasteiger partial charge in [0.25, 0.3) is 0 Å². The zero-order valence-electron chi connectivity index (χ0n) is 19.1. The highest BCUT2D eigenvalue weighted by atomic mass is 79.9. The Bertz CT molecular complexity index is 1400. The molecule has 0 aliphatic heterocycles. The first kappa shape index (κ1) is 24.9. The van der Waals surface area contributed by atoms with Gasteiger partial charge < -0.3 is 10.4 Å². The molecule has 0 fully saturated rings. The zero-order chi connectivity index (χ0) is 24.8. The molecule has 10 heteroatoms. The molecule has 0 atom stereocenters. The molecule has 0 radical (unpaired) electrons. The first-order valence-corrected chi connectivity index (χ1v) is 13.5. The average Bonchev–Trinajstić information content (AvgIpc) is 3.29. The van der Waals surface area contributed by atoms with Crippen molar-refractivity contribution in [2.24, 2.45) is 0 Å². The van der Waals surface area contributed by atoms with E-state index < -0.39 is 10.0 Å². The maximum Gasteiger partial charge on any atom is 0.240 e. The minimum Gasteiger partial charge on any atom is -0.508 e. The summed E-state index contributed by atoms with van der Waals surface area (Å²) in [6, 6.07) is 17.4. The molecule has 3 N–H and O–H groups in total. The van der Waals surface area contributed by atoms with Gasteiger partial charge in [-0.2, -0.15) is 5.10 Å². The van der Waals surface area contributed by atoms with Crippen molar-refractivity contribution in [1.29, 1.82) is 0 Å². The minimum atomic E-state index is -3.54. The van der Waals surface area contributed by atoms with Crippen LogP contribution in [0.25, 0.3) is 22.4 Å². The van der Waals surface area contributed by atoms with Crippen LogP contribution in [0.5, 0.6) is 5.75 Å². The molecule has 0 saturated carbocycles. The summed E-state index contributed by atoms with van der Waals surface area (Å²) in [7, 11) is -3.54. The summed E-state index contributed by atoms with van der Waals surface area (Å²) in [5.74, 6) is 0.872. The third kappa shape index (κ3) is 6.27. The smallest absolute Gasteiger partial charge is 0.240 e. The van der Waals surface area contributed by atoms with E-state index >= 15 is 0 Å². The highest BCUT2D eigenvalue weighted by molar-refractivity contribution is 9.10. The van der Waals surface area contributed by atoms with Gasteiger partial charge in [0.15, 0.2) is 0 Å². The van der Waals surface area contributed by atoms with E-state index in [9.17, 15) is 13.5 Å². The molecule has 4 aromatic rings. The number of aromatic nitrogens is 3. The molecule has 2 aromatic heterocycles. The second kappa shape index (κ2) is 11.0. The van der Waals surface area contributed by atoms with Crippen LogP contribution in [-0.2, 0) is 16.6 Å². The molecule has 0 amide bonds. The summed E-state index contributed by atoms with van der Waals surface area (Å²) in [5, 5.41) is 17.9. The van der Waals surface area contributed by atoms with Crippen LogP contribution in [0.4, 0.5) is 5.82 Å². The molecule has 2 heterocycles. The largest absolute Gasteiger partial charge is 0.508 e. The van der Waals surface area contributed by atoms with E-state index in [1.807, 2.05) is 36.0 Å². The van der Waals surface area contributed by atoms with Crippen molar-refractivity contribution in [1.82, 2.24) is 19.5 Å². The second-order valence-corrected chi connectivity index (χ2v) is 10.5. The summed E-state index contributed by atoms with van der Waals surface area (Å²) in [6.07, 6.45) is 4.29. The molecule has 8 nitrogen and oxygen atoms in total. The van der Waals surface area contributed by atoms with Crippen molar-refractivity contribution in [2.45, 2.75) is 24.8 Å². The Morgan fingerprint density at radius 1 is 1.03 bits per heavy atom. The minimum absolute atomic E-state index is 0.187. The number of hydrogen-bond donors (Lipinski definition) is 3. The number of nitrogens with zero attached hydrogens (tertiary/aromatic N) is 3. The molecule has 35 heavy (non-hydrogen) atoms. The van der Waals surface area contributed by atoms with E-state index in [0.717, 1.165) is 33.4 Å². The number of phenols is 1. The first-order valence-electron chi connectivity index (χ1n) is 11.2. The van der Waals surface area contributed by atoms with Gasteiger partial charge in [-0.1, -0.05) is 28.1 Å². The van der Waals surface area contributed by atoms with Crippen LogP contribution in [0.1, 0.15) is 13.3 Å². The van der Waals surface area contributed by atoms with Gasteiger partial charge in [-0.05, 0) is 67.4 Å². The average molecular weight is 556 g/mol. The van der Waals surface area contributed by atoms with Crippen molar-refractivity contribution >= 4 is 31.8 Å². The maximum absolute atomic E-state index is 12.4. The zero-order valence-corrected chi connectivity index (χ0v) is 21.6. The summed E-state index contributed by atoms with van der Waals surface area (Å²) in [4.78, 5) is 4.62. The fourth-order valence-electron chi connectivity index (χ4n) is 3.56. The number of rotatable bonds is 10. The number of aryl methyl sites for hydroxylation is 1. The number of pyridine rings is 1. The van der Waals surface area contributed by atoms with Gasteiger partial charge in [-0.15, -0.1) is 0 Å². The number of anilines is 1. The fourth-order valence-corrected chi connectivity index (χ4v) is 4.90. The van der Waals surface area contributed by atoms with Crippen LogP contribution in [0.2, 0.25) is 0 Å². The molecule has 2 aromatic carbocycles. The highest BCUT2D eigenvalue weighted by Gasteiger charge is 2.15. The number of sulfonamides is 1. The van der Waals surface area contributed by atoms with Gasteiger partial charge in [0.2, 0.25) is 10.0 Å². The Morgan fingerprint density at radius 3 is 2.57 bits per heavy atom. The van der Waals surface area contributed by atoms with E-state index in [1.165, 1.54) is 0 Å². The van der Waals surface area contributed by atoms with Crippen LogP contribution < -0.4 is 10.0 Å². The third-order valence-electron chi connectivity index (χ3n) is 5.35. The van der Waals surface area contributed by atoms with Crippen LogP contribution in [0.15, 0.2) is 82.4 Å². The lowest BCUT2D eigenvalue weighted by atomic mass is 10.0. The normalized spacial score (nSPS) is 11.5. The number of benzene rings is 2. The lowest BCUT2D eigenvalue weighted by molar-refractivity contribution is 0.475. The summed E-state index contributed by atoms with van der Waals surface area (Å²) >= 11 is 3.31. The lowest BCUT2D eigenvalue weighted by Crippen LogP contribution is -2.26.